The Bertz CT molecular complexity index is 466. The second kappa shape index (κ2) is 5.45. The first-order chi connectivity index (χ1) is 8.58. The minimum atomic E-state index is -0.454. The SMILES string of the molecule is Cc1sc(C(=O)N[C@H]2CCCNC2)cc1[N+](=O)[O-]. The maximum absolute atomic E-state index is 11.9. The molecule has 1 aliphatic heterocycles. The average molecular weight is 269 g/mol. The van der Waals surface area contributed by atoms with E-state index < -0.39 is 4.92 Å². The van der Waals surface area contributed by atoms with Crippen molar-refractivity contribution in [1.29, 1.82) is 0 Å². The number of hydrogen-bond acceptors (Lipinski definition) is 5. The summed E-state index contributed by atoms with van der Waals surface area (Å²) in [5, 5.41) is 16.8. The van der Waals surface area contributed by atoms with E-state index >= 15 is 0 Å². The zero-order chi connectivity index (χ0) is 13.1. The number of nitrogens with zero attached hydrogens (tertiary/aromatic N) is 1. The molecule has 1 aromatic heterocycles. The fraction of sp³-hybridized carbons (Fsp3) is 0.545. The van der Waals surface area contributed by atoms with Gasteiger partial charge in [-0.3, -0.25) is 14.9 Å². The van der Waals surface area contributed by atoms with Crippen LogP contribution < -0.4 is 10.6 Å². The lowest BCUT2D eigenvalue weighted by Crippen LogP contribution is -2.45. The lowest BCUT2D eigenvalue weighted by molar-refractivity contribution is -0.385. The van der Waals surface area contributed by atoms with Crippen molar-refractivity contribution in [2.45, 2.75) is 25.8 Å². The van der Waals surface area contributed by atoms with Crippen LogP contribution in [0.25, 0.3) is 0 Å². The van der Waals surface area contributed by atoms with Crippen LogP contribution in [-0.2, 0) is 0 Å². The summed E-state index contributed by atoms with van der Waals surface area (Å²) in [6.07, 6.45) is 1.99. The van der Waals surface area contributed by atoms with Crippen LogP contribution in [-0.4, -0.2) is 30.0 Å². The molecule has 7 heteroatoms. The first kappa shape index (κ1) is 13.0. The van der Waals surface area contributed by atoms with Gasteiger partial charge in [0.1, 0.15) is 0 Å². The summed E-state index contributed by atoms with van der Waals surface area (Å²) in [5.74, 6) is -0.218. The maximum Gasteiger partial charge on any atom is 0.283 e. The smallest absolute Gasteiger partial charge is 0.283 e. The van der Waals surface area contributed by atoms with E-state index in [0.29, 0.717) is 9.75 Å². The Kier molecular flexibility index (Phi) is 3.93. The molecule has 0 aliphatic carbocycles. The highest BCUT2D eigenvalue weighted by atomic mass is 32.1. The molecule has 1 aliphatic rings. The Hall–Kier alpha value is -1.47. The van der Waals surface area contributed by atoms with Gasteiger partial charge in [0.25, 0.3) is 11.6 Å². The lowest BCUT2D eigenvalue weighted by Gasteiger charge is -2.23. The van der Waals surface area contributed by atoms with Gasteiger partial charge in [-0.05, 0) is 26.3 Å². The zero-order valence-corrected chi connectivity index (χ0v) is 10.9. The topological polar surface area (TPSA) is 84.3 Å². The van der Waals surface area contributed by atoms with Crippen molar-refractivity contribution in [3.05, 3.63) is 25.9 Å². The van der Waals surface area contributed by atoms with Gasteiger partial charge >= 0.3 is 0 Å². The van der Waals surface area contributed by atoms with E-state index in [9.17, 15) is 14.9 Å². The largest absolute Gasteiger partial charge is 0.347 e. The molecule has 18 heavy (non-hydrogen) atoms. The molecule has 0 aromatic carbocycles. The number of hydrogen-bond donors (Lipinski definition) is 2. The highest BCUT2D eigenvalue weighted by Gasteiger charge is 2.22. The van der Waals surface area contributed by atoms with E-state index in [1.54, 1.807) is 6.92 Å². The molecule has 0 spiro atoms. The zero-order valence-electron chi connectivity index (χ0n) is 10.1. The predicted octanol–water partition coefficient (Wildman–Crippen LogP) is 1.45. The highest BCUT2D eigenvalue weighted by molar-refractivity contribution is 7.14. The number of rotatable bonds is 3. The monoisotopic (exact) mass is 269 g/mol. The highest BCUT2D eigenvalue weighted by Crippen LogP contribution is 2.28. The molecule has 0 radical (unpaired) electrons. The second-order valence-electron chi connectivity index (χ2n) is 4.33. The molecule has 1 atom stereocenters. The number of carbonyl (C=O) groups is 1. The number of nitrogens with one attached hydrogen (secondary N) is 2. The van der Waals surface area contributed by atoms with Crippen molar-refractivity contribution in [1.82, 2.24) is 10.6 Å². The van der Waals surface area contributed by atoms with Gasteiger partial charge in [-0.25, -0.2) is 0 Å². The predicted molar refractivity (Wildman–Crippen MR) is 69.1 cm³/mol. The number of piperidine rings is 1. The third-order valence-electron chi connectivity index (χ3n) is 2.94. The van der Waals surface area contributed by atoms with Crippen LogP contribution >= 0.6 is 11.3 Å². The van der Waals surface area contributed by atoms with Gasteiger partial charge in [0.2, 0.25) is 0 Å². The normalized spacial score (nSPS) is 19.5. The first-order valence-corrected chi connectivity index (χ1v) is 6.66. The summed E-state index contributed by atoms with van der Waals surface area (Å²) < 4.78 is 0. The molecule has 1 aromatic rings. The minimum Gasteiger partial charge on any atom is -0.347 e. The molecule has 0 bridgehead atoms. The fourth-order valence-corrected chi connectivity index (χ4v) is 2.89. The molecule has 1 amide bonds. The average Bonchev–Trinajstić information content (AvgIpc) is 2.73. The van der Waals surface area contributed by atoms with E-state index in [1.807, 2.05) is 0 Å². The van der Waals surface area contributed by atoms with Crippen molar-refractivity contribution >= 4 is 22.9 Å². The van der Waals surface area contributed by atoms with Crippen LogP contribution in [0, 0.1) is 17.0 Å². The number of aryl methyl sites for hydroxylation is 1. The van der Waals surface area contributed by atoms with E-state index in [4.69, 9.17) is 0 Å². The Balaban J connectivity index is 2.04. The molecule has 1 saturated heterocycles. The van der Waals surface area contributed by atoms with Gasteiger partial charge < -0.3 is 10.6 Å². The standard InChI is InChI=1S/C11H15N3O3S/c1-7-9(14(16)17)5-10(18-7)11(15)13-8-3-2-4-12-6-8/h5,8,12H,2-4,6H2,1H3,(H,13,15)/t8-/m0/s1. The summed E-state index contributed by atoms with van der Waals surface area (Å²) in [7, 11) is 0. The van der Waals surface area contributed by atoms with Gasteiger partial charge in [0, 0.05) is 18.7 Å². The molecule has 98 valence electrons. The molecule has 2 rings (SSSR count). The Labute approximate surface area is 109 Å². The third kappa shape index (κ3) is 2.85. The Morgan fingerprint density at radius 2 is 2.44 bits per heavy atom. The maximum atomic E-state index is 11.9. The Morgan fingerprint density at radius 1 is 1.67 bits per heavy atom. The number of amides is 1. The molecule has 6 nitrogen and oxygen atoms in total. The number of thiophene rings is 1. The molecule has 0 unspecified atom stereocenters. The molecule has 2 N–H and O–H groups in total. The molecular weight excluding hydrogens is 254 g/mol. The number of carbonyl (C=O) groups excluding carboxylic acids is 1. The summed E-state index contributed by atoms with van der Waals surface area (Å²) in [6, 6.07) is 1.47. The molecule has 0 saturated carbocycles. The van der Waals surface area contributed by atoms with Crippen LogP contribution in [0.1, 0.15) is 27.4 Å². The van der Waals surface area contributed by atoms with Crippen molar-refractivity contribution < 1.29 is 9.72 Å². The molecule has 2 heterocycles. The first-order valence-electron chi connectivity index (χ1n) is 5.84. The van der Waals surface area contributed by atoms with E-state index in [-0.39, 0.29) is 17.6 Å². The third-order valence-corrected chi connectivity index (χ3v) is 3.98. The second-order valence-corrected chi connectivity index (χ2v) is 5.58. The Morgan fingerprint density at radius 3 is 3.00 bits per heavy atom. The fourth-order valence-electron chi connectivity index (χ4n) is 2.00. The summed E-state index contributed by atoms with van der Waals surface area (Å²) >= 11 is 1.17. The van der Waals surface area contributed by atoms with Gasteiger partial charge in [0.05, 0.1) is 14.7 Å². The summed E-state index contributed by atoms with van der Waals surface area (Å²) in [6.45, 7) is 3.40. The van der Waals surface area contributed by atoms with Crippen LogP contribution in [0.2, 0.25) is 0 Å². The van der Waals surface area contributed by atoms with Crippen molar-refractivity contribution in [2.75, 3.05) is 13.1 Å². The van der Waals surface area contributed by atoms with Crippen LogP contribution in [0.3, 0.4) is 0 Å². The lowest BCUT2D eigenvalue weighted by atomic mass is 10.1. The van der Waals surface area contributed by atoms with Gasteiger partial charge in [-0.1, -0.05) is 0 Å². The van der Waals surface area contributed by atoms with E-state index in [0.717, 1.165) is 25.9 Å². The summed E-state index contributed by atoms with van der Waals surface area (Å²) in [5.41, 5.74) is 0.0203. The summed E-state index contributed by atoms with van der Waals surface area (Å²) in [4.78, 5) is 23.2. The van der Waals surface area contributed by atoms with Crippen LogP contribution in [0.5, 0.6) is 0 Å². The minimum absolute atomic E-state index is 0.0203. The van der Waals surface area contributed by atoms with Crippen LogP contribution in [0.15, 0.2) is 6.07 Å². The molecular formula is C11H15N3O3S. The van der Waals surface area contributed by atoms with Gasteiger partial charge in [-0.2, -0.15) is 0 Å². The van der Waals surface area contributed by atoms with Crippen molar-refractivity contribution in [3.63, 3.8) is 0 Å². The van der Waals surface area contributed by atoms with Crippen molar-refractivity contribution in [2.24, 2.45) is 0 Å². The van der Waals surface area contributed by atoms with Gasteiger partial charge in [-0.15, -0.1) is 11.3 Å². The van der Waals surface area contributed by atoms with Crippen LogP contribution in [0.4, 0.5) is 5.69 Å². The van der Waals surface area contributed by atoms with E-state index in [1.165, 1.54) is 17.4 Å². The molecule has 1 fully saturated rings. The number of nitro groups is 1. The quantitative estimate of drug-likeness (QED) is 0.642. The van der Waals surface area contributed by atoms with Crippen molar-refractivity contribution in [3.8, 4) is 0 Å². The van der Waals surface area contributed by atoms with Gasteiger partial charge in [0.15, 0.2) is 0 Å². The van der Waals surface area contributed by atoms with E-state index in [2.05, 4.69) is 10.6 Å².